The van der Waals surface area contributed by atoms with Crippen molar-refractivity contribution in [3.8, 4) is 11.5 Å². The number of hydrogen-bond donors (Lipinski definition) is 1. The first-order valence-electron chi connectivity index (χ1n) is 14.8. The molecule has 2 rings (SSSR count). The Kier molecular flexibility index (Phi) is 11.0. The van der Waals surface area contributed by atoms with Gasteiger partial charge in [-0.25, -0.2) is 0 Å². The van der Waals surface area contributed by atoms with Crippen molar-refractivity contribution in [3.05, 3.63) is 22.8 Å². The summed E-state index contributed by atoms with van der Waals surface area (Å²) in [6.07, 6.45) is 14.0. The predicted molar refractivity (Wildman–Crippen MR) is 153 cm³/mol. The van der Waals surface area contributed by atoms with E-state index >= 15 is 0 Å². The topological polar surface area (TPSA) is 29.5 Å². The summed E-state index contributed by atoms with van der Waals surface area (Å²) < 4.78 is 6.74. The molecule has 0 aromatic heterocycles. The quantitative estimate of drug-likeness (QED) is 0.300. The first-order valence-corrected chi connectivity index (χ1v) is 14.8. The summed E-state index contributed by atoms with van der Waals surface area (Å²) in [5, 5.41) is 11.1. The van der Waals surface area contributed by atoms with Gasteiger partial charge in [0.25, 0.3) is 0 Å². The lowest BCUT2D eigenvalue weighted by Crippen LogP contribution is -2.37. The van der Waals surface area contributed by atoms with Crippen molar-refractivity contribution in [1.29, 1.82) is 0 Å². The summed E-state index contributed by atoms with van der Waals surface area (Å²) in [6, 6.07) is 2.14. The number of ether oxygens (including phenoxy) is 1. The molecule has 35 heavy (non-hydrogen) atoms. The van der Waals surface area contributed by atoms with Crippen molar-refractivity contribution in [2.24, 2.45) is 17.8 Å². The average molecular weight is 487 g/mol. The van der Waals surface area contributed by atoms with Crippen molar-refractivity contribution in [2.75, 3.05) is 0 Å². The number of hydrogen-bond acceptors (Lipinski definition) is 2. The van der Waals surface area contributed by atoms with Gasteiger partial charge in [-0.1, -0.05) is 107 Å². The molecule has 1 heterocycles. The van der Waals surface area contributed by atoms with Crippen molar-refractivity contribution in [3.63, 3.8) is 0 Å². The molecule has 0 bridgehead atoms. The average Bonchev–Trinajstić information content (AvgIpc) is 2.72. The molecule has 0 saturated carbocycles. The Morgan fingerprint density at radius 2 is 1.43 bits per heavy atom. The highest BCUT2D eigenvalue weighted by atomic mass is 16.5. The Labute approximate surface area is 218 Å². The van der Waals surface area contributed by atoms with E-state index in [9.17, 15) is 5.11 Å². The van der Waals surface area contributed by atoms with E-state index < -0.39 is 0 Å². The first-order chi connectivity index (χ1) is 16.2. The third-order valence-electron chi connectivity index (χ3n) is 8.33. The van der Waals surface area contributed by atoms with Gasteiger partial charge in [-0.2, -0.15) is 0 Å². The van der Waals surface area contributed by atoms with Crippen molar-refractivity contribution >= 4 is 0 Å². The molecule has 2 heteroatoms. The Morgan fingerprint density at radius 1 is 0.886 bits per heavy atom. The predicted octanol–water partition coefficient (Wildman–Crippen LogP) is 10.3. The number of aromatic hydroxyl groups is 1. The molecule has 3 atom stereocenters. The van der Waals surface area contributed by atoms with Gasteiger partial charge in [0.1, 0.15) is 17.1 Å². The molecule has 0 amide bonds. The monoisotopic (exact) mass is 486 g/mol. The van der Waals surface area contributed by atoms with Gasteiger partial charge < -0.3 is 9.84 Å². The Hall–Kier alpha value is -1.18. The van der Waals surface area contributed by atoms with Crippen LogP contribution in [-0.4, -0.2) is 10.7 Å². The minimum atomic E-state index is -0.110. The van der Waals surface area contributed by atoms with Crippen LogP contribution in [0.5, 0.6) is 11.5 Å². The number of rotatable bonds is 13. The summed E-state index contributed by atoms with van der Waals surface area (Å²) in [4.78, 5) is 0. The van der Waals surface area contributed by atoms with Crippen LogP contribution in [0.15, 0.2) is 6.07 Å². The van der Waals surface area contributed by atoms with E-state index in [0.29, 0.717) is 5.75 Å². The molecule has 2 nitrogen and oxygen atoms in total. The zero-order chi connectivity index (χ0) is 26.4. The summed E-state index contributed by atoms with van der Waals surface area (Å²) >= 11 is 0. The molecule has 0 fully saturated rings. The number of phenolic OH excluding ortho intramolecular Hbond substituents is 1. The summed E-state index contributed by atoms with van der Waals surface area (Å²) in [6.45, 7) is 22.7. The second kappa shape index (κ2) is 12.9. The van der Waals surface area contributed by atoms with Crippen LogP contribution in [0.1, 0.15) is 156 Å². The van der Waals surface area contributed by atoms with E-state index in [4.69, 9.17) is 4.74 Å². The van der Waals surface area contributed by atoms with Gasteiger partial charge in [0.05, 0.1) is 0 Å². The van der Waals surface area contributed by atoms with Crippen LogP contribution >= 0.6 is 0 Å². The Bertz CT molecular complexity index is 785. The van der Waals surface area contributed by atoms with E-state index in [1.807, 2.05) is 0 Å². The summed E-state index contributed by atoms with van der Waals surface area (Å²) in [5.74, 6) is 4.32. The zero-order valence-corrected chi connectivity index (χ0v) is 25.0. The molecule has 0 radical (unpaired) electrons. The molecule has 0 saturated heterocycles. The summed E-state index contributed by atoms with van der Waals surface area (Å²) in [7, 11) is 0. The molecule has 0 aliphatic carbocycles. The maximum atomic E-state index is 11.1. The Balaban J connectivity index is 1.88. The van der Waals surface area contributed by atoms with Crippen molar-refractivity contribution in [1.82, 2.24) is 0 Å². The molecular weight excluding hydrogens is 428 g/mol. The van der Waals surface area contributed by atoms with E-state index in [-0.39, 0.29) is 16.9 Å². The zero-order valence-electron chi connectivity index (χ0n) is 25.0. The smallest absolute Gasteiger partial charge is 0.124 e. The molecule has 202 valence electrons. The highest BCUT2D eigenvalue weighted by Crippen LogP contribution is 2.47. The van der Waals surface area contributed by atoms with Gasteiger partial charge in [-0.05, 0) is 67.8 Å². The highest BCUT2D eigenvalue weighted by Gasteiger charge is 2.35. The number of fused-ring (bicyclic) bond motifs is 1. The first kappa shape index (κ1) is 30.0. The second-order valence-electron chi connectivity index (χ2n) is 14.0. The molecule has 1 aromatic carbocycles. The Morgan fingerprint density at radius 3 is 1.94 bits per heavy atom. The lowest BCUT2D eigenvalue weighted by Gasteiger charge is -2.39. The summed E-state index contributed by atoms with van der Waals surface area (Å²) in [5.41, 5.74) is 3.14. The maximum absolute atomic E-state index is 11.1. The SMILES string of the molecule is CC(C)CCC[C@@H](C)CCC[C@@H](C)CCC[C@]1(C)CCc2c(cc(C(C)(C)C)c(O)c2C(C)C)O1. The van der Waals surface area contributed by atoms with Gasteiger partial charge >= 0.3 is 0 Å². The van der Waals surface area contributed by atoms with E-state index in [1.165, 1.54) is 56.9 Å². The second-order valence-corrected chi connectivity index (χ2v) is 14.0. The largest absolute Gasteiger partial charge is 0.507 e. The van der Waals surface area contributed by atoms with Gasteiger partial charge in [0.2, 0.25) is 0 Å². The van der Waals surface area contributed by atoms with Crippen LogP contribution in [0.3, 0.4) is 0 Å². The molecule has 1 aromatic rings. The van der Waals surface area contributed by atoms with E-state index in [0.717, 1.165) is 53.9 Å². The third kappa shape index (κ3) is 9.01. The van der Waals surface area contributed by atoms with Crippen LogP contribution in [0, 0.1) is 17.8 Å². The van der Waals surface area contributed by atoms with Gasteiger partial charge in [0, 0.05) is 16.7 Å². The highest BCUT2D eigenvalue weighted by molar-refractivity contribution is 5.57. The van der Waals surface area contributed by atoms with E-state index in [2.05, 4.69) is 75.3 Å². The number of phenols is 1. The minimum absolute atomic E-state index is 0.0992. The fourth-order valence-corrected chi connectivity index (χ4v) is 5.93. The molecule has 1 N–H and O–H groups in total. The van der Waals surface area contributed by atoms with E-state index in [1.54, 1.807) is 0 Å². The van der Waals surface area contributed by atoms with Crippen LogP contribution in [-0.2, 0) is 11.8 Å². The van der Waals surface area contributed by atoms with Crippen molar-refractivity contribution in [2.45, 2.75) is 157 Å². The third-order valence-corrected chi connectivity index (χ3v) is 8.33. The van der Waals surface area contributed by atoms with Gasteiger partial charge in [-0.3, -0.25) is 0 Å². The fourth-order valence-electron chi connectivity index (χ4n) is 5.93. The van der Waals surface area contributed by atoms with Crippen molar-refractivity contribution < 1.29 is 9.84 Å². The minimum Gasteiger partial charge on any atom is -0.507 e. The molecule has 0 unspecified atom stereocenters. The maximum Gasteiger partial charge on any atom is 0.124 e. The van der Waals surface area contributed by atoms with Gasteiger partial charge in [-0.15, -0.1) is 0 Å². The van der Waals surface area contributed by atoms with Crippen LogP contribution < -0.4 is 4.74 Å². The number of benzene rings is 1. The molecule has 0 spiro atoms. The fraction of sp³-hybridized carbons (Fsp3) is 0.818. The van der Waals surface area contributed by atoms with Crippen LogP contribution in [0.25, 0.3) is 0 Å². The van der Waals surface area contributed by atoms with Crippen LogP contribution in [0.2, 0.25) is 0 Å². The standard InChI is InChI=1S/C33H58O2/c1-23(2)14-11-15-25(5)16-12-17-26(6)18-13-20-33(10)21-19-27-29(35-33)22-28(32(7,8)9)31(34)30(27)24(3)4/h22-26,34H,11-21H2,1-10H3/t25-,26-,33-/m1/s1. The lowest BCUT2D eigenvalue weighted by molar-refractivity contribution is 0.0517. The normalized spacial score (nSPS) is 20.1. The molecular formula is C33H58O2. The van der Waals surface area contributed by atoms with Crippen LogP contribution in [0.4, 0.5) is 0 Å². The van der Waals surface area contributed by atoms with Gasteiger partial charge in [0.15, 0.2) is 0 Å². The lowest BCUT2D eigenvalue weighted by atomic mass is 9.78. The molecule has 1 aliphatic rings. The molecule has 1 aliphatic heterocycles.